The summed E-state index contributed by atoms with van der Waals surface area (Å²) in [5, 5.41) is 2.78. The van der Waals surface area contributed by atoms with Crippen molar-refractivity contribution in [3.05, 3.63) is 107 Å². The number of carbonyl (C=O) groups excluding carboxylic acids is 3. The molecular formula is C30H32N2O5. The van der Waals surface area contributed by atoms with Gasteiger partial charge in [-0.3, -0.25) is 9.59 Å². The summed E-state index contributed by atoms with van der Waals surface area (Å²) in [6.07, 6.45) is 1.27. The first kappa shape index (κ1) is 25.9. The lowest BCUT2D eigenvalue weighted by atomic mass is 9.88. The van der Waals surface area contributed by atoms with E-state index in [-0.39, 0.29) is 24.9 Å². The maximum Gasteiger partial charge on any atom is 0.408 e. The maximum atomic E-state index is 13.5. The number of ether oxygens (including phenoxy) is 2. The number of nitrogens with zero attached hydrogens (tertiary/aromatic N) is 1. The van der Waals surface area contributed by atoms with Crippen molar-refractivity contribution >= 4 is 18.0 Å². The number of piperidine rings is 1. The molecule has 7 nitrogen and oxygen atoms in total. The Morgan fingerprint density at radius 1 is 0.865 bits per heavy atom. The number of methoxy groups -OCH3 is 1. The van der Waals surface area contributed by atoms with Gasteiger partial charge in [0.05, 0.1) is 13.5 Å². The lowest BCUT2D eigenvalue weighted by molar-refractivity contribution is -0.139. The van der Waals surface area contributed by atoms with Gasteiger partial charge in [0.2, 0.25) is 5.91 Å². The molecule has 7 heteroatoms. The zero-order valence-corrected chi connectivity index (χ0v) is 21.0. The Morgan fingerprint density at radius 2 is 1.49 bits per heavy atom. The largest absolute Gasteiger partial charge is 0.469 e. The molecule has 1 aliphatic heterocycles. The predicted molar refractivity (Wildman–Crippen MR) is 140 cm³/mol. The van der Waals surface area contributed by atoms with Crippen molar-refractivity contribution in [3.8, 4) is 0 Å². The number of carbonyl (C=O) groups is 3. The van der Waals surface area contributed by atoms with E-state index in [9.17, 15) is 14.4 Å². The van der Waals surface area contributed by atoms with Crippen molar-refractivity contribution in [3.63, 3.8) is 0 Å². The van der Waals surface area contributed by atoms with Crippen LogP contribution in [0, 0.1) is 0 Å². The SMILES string of the molecule is COC(=O)Cc1ccc(C2CCN(C(=O)C(NC(=O)OCc3ccccc3)c3ccccc3)CC2)cc1. The van der Waals surface area contributed by atoms with Gasteiger partial charge in [-0.05, 0) is 41.0 Å². The van der Waals surface area contributed by atoms with Crippen molar-refractivity contribution in [1.29, 1.82) is 0 Å². The van der Waals surface area contributed by atoms with Crippen LogP contribution in [0.1, 0.15) is 47.1 Å². The van der Waals surface area contributed by atoms with E-state index >= 15 is 0 Å². The minimum Gasteiger partial charge on any atom is -0.469 e. The molecule has 1 unspecified atom stereocenters. The predicted octanol–water partition coefficient (Wildman–Crippen LogP) is 4.78. The minimum atomic E-state index is -0.821. The summed E-state index contributed by atoms with van der Waals surface area (Å²) in [6.45, 7) is 1.32. The Kier molecular flexibility index (Phi) is 8.92. The third-order valence-electron chi connectivity index (χ3n) is 6.69. The van der Waals surface area contributed by atoms with Gasteiger partial charge in [-0.1, -0.05) is 84.9 Å². The summed E-state index contributed by atoms with van der Waals surface area (Å²) >= 11 is 0. The van der Waals surface area contributed by atoms with Crippen molar-refractivity contribution < 1.29 is 23.9 Å². The molecule has 0 spiro atoms. The van der Waals surface area contributed by atoms with E-state index in [2.05, 4.69) is 17.4 Å². The van der Waals surface area contributed by atoms with Crippen LogP contribution in [0.25, 0.3) is 0 Å². The van der Waals surface area contributed by atoms with Gasteiger partial charge in [0.15, 0.2) is 0 Å². The highest BCUT2D eigenvalue weighted by Gasteiger charge is 2.31. The highest BCUT2D eigenvalue weighted by atomic mass is 16.5. The standard InChI is InChI=1S/C30H32N2O5/c1-36-27(33)20-22-12-14-24(15-13-22)25-16-18-32(19-17-25)29(34)28(26-10-6-3-7-11-26)31-30(35)37-21-23-8-4-2-5-9-23/h2-15,25,28H,16-21H2,1H3,(H,31,35). The molecule has 0 aliphatic carbocycles. The molecule has 0 radical (unpaired) electrons. The topological polar surface area (TPSA) is 84.9 Å². The molecule has 0 aromatic heterocycles. The number of esters is 1. The van der Waals surface area contributed by atoms with Crippen LogP contribution in [0.5, 0.6) is 0 Å². The number of alkyl carbamates (subject to hydrolysis) is 1. The Balaban J connectivity index is 1.36. The number of nitrogens with one attached hydrogen (secondary N) is 1. The second-order valence-corrected chi connectivity index (χ2v) is 9.14. The molecule has 0 saturated carbocycles. The van der Waals surface area contributed by atoms with Crippen LogP contribution in [-0.4, -0.2) is 43.1 Å². The molecule has 3 aromatic carbocycles. The molecular weight excluding hydrogens is 468 g/mol. The zero-order chi connectivity index (χ0) is 26.0. The quantitative estimate of drug-likeness (QED) is 0.450. The average Bonchev–Trinajstić information content (AvgIpc) is 2.96. The number of benzene rings is 3. The smallest absolute Gasteiger partial charge is 0.408 e. The molecule has 1 aliphatic rings. The molecule has 1 heterocycles. The average molecular weight is 501 g/mol. The Bertz CT molecular complexity index is 1170. The number of hydrogen-bond acceptors (Lipinski definition) is 5. The molecule has 2 amide bonds. The van der Waals surface area contributed by atoms with Crippen LogP contribution in [0.4, 0.5) is 4.79 Å². The minimum absolute atomic E-state index is 0.131. The molecule has 1 N–H and O–H groups in total. The van der Waals surface area contributed by atoms with Crippen LogP contribution in [0.3, 0.4) is 0 Å². The maximum absolute atomic E-state index is 13.5. The van der Waals surface area contributed by atoms with Gasteiger partial charge in [0.25, 0.3) is 0 Å². The third kappa shape index (κ3) is 7.19. The third-order valence-corrected chi connectivity index (χ3v) is 6.69. The van der Waals surface area contributed by atoms with Crippen molar-refractivity contribution in [2.75, 3.05) is 20.2 Å². The van der Waals surface area contributed by atoms with E-state index in [1.165, 1.54) is 12.7 Å². The lowest BCUT2D eigenvalue weighted by Gasteiger charge is -2.34. The molecule has 0 bridgehead atoms. The first-order valence-electron chi connectivity index (χ1n) is 12.5. The first-order chi connectivity index (χ1) is 18.0. The summed E-state index contributed by atoms with van der Waals surface area (Å²) in [6, 6.07) is 25.9. The Hall–Kier alpha value is -4.13. The molecule has 37 heavy (non-hydrogen) atoms. The van der Waals surface area contributed by atoms with Gasteiger partial charge in [-0.15, -0.1) is 0 Å². The Labute approximate surface area is 217 Å². The van der Waals surface area contributed by atoms with E-state index in [1.54, 1.807) is 0 Å². The number of amides is 2. The highest BCUT2D eigenvalue weighted by Crippen LogP contribution is 2.30. The van der Waals surface area contributed by atoms with Gasteiger partial charge < -0.3 is 19.7 Å². The van der Waals surface area contributed by atoms with Gasteiger partial charge in [0.1, 0.15) is 12.6 Å². The molecule has 3 aromatic rings. The van der Waals surface area contributed by atoms with Gasteiger partial charge >= 0.3 is 12.1 Å². The van der Waals surface area contributed by atoms with Crippen LogP contribution in [0.2, 0.25) is 0 Å². The second kappa shape index (κ2) is 12.7. The van der Waals surface area contributed by atoms with Crippen LogP contribution in [0.15, 0.2) is 84.9 Å². The molecule has 1 fully saturated rings. The van der Waals surface area contributed by atoms with E-state index in [0.717, 1.165) is 24.0 Å². The highest BCUT2D eigenvalue weighted by molar-refractivity contribution is 5.87. The van der Waals surface area contributed by atoms with Crippen LogP contribution < -0.4 is 5.32 Å². The number of rotatable bonds is 8. The monoisotopic (exact) mass is 500 g/mol. The Morgan fingerprint density at radius 3 is 2.11 bits per heavy atom. The van der Waals surface area contributed by atoms with Gasteiger partial charge in [0, 0.05) is 13.1 Å². The summed E-state index contributed by atoms with van der Waals surface area (Å²) in [7, 11) is 1.39. The first-order valence-corrected chi connectivity index (χ1v) is 12.5. The van der Waals surface area contributed by atoms with E-state index in [4.69, 9.17) is 9.47 Å². The summed E-state index contributed by atoms with van der Waals surface area (Å²) in [5.41, 5.74) is 3.70. The fraction of sp³-hybridized carbons (Fsp3) is 0.300. The lowest BCUT2D eigenvalue weighted by Crippen LogP contribution is -2.46. The molecule has 1 saturated heterocycles. The molecule has 4 rings (SSSR count). The fourth-order valence-corrected chi connectivity index (χ4v) is 4.58. The summed E-state index contributed by atoms with van der Waals surface area (Å²) in [4.78, 5) is 39.5. The van der Waals surface area contributed by atoms with Crippen molar-refractivity contribution in [2.45, 2.75) is 37.8 Å². The second-order valence-electron chi connectivity index (χ2n) is 9.14. The normalized spacial score (nSPS) is 14.5. The van der Waals surface area contributed by atoms with Crippen molar-refractivity contribution in [1.82, 2.24) is 10.2 Å². The van der Waals surface area contributed by atoms with E-state index < -0.39 is 12.1 Å². The number of likely N-dealkylation sites (tertiary alicyclic amines) is 1. The van der Waals surface area contributed by atoms with Gasteiger partial charge in [-0.25, -0.2) is 4.79 Å². The number of hydrogen-bond donors (Lipinski definition) is 1. The fourth-order valence-electron chi connectivity index (χ4n) is 4.58. The van der Waals surface area contributed by atoms with Crippen molar-refractivity contribution in [2.24, 2.45) is 0 Å². The summed E-state index contributed by atoms with van der Waals surface area (Å²) < 4.78 is 10.1. The van der Waals surface area contributed by atoms with Crippen LogP contribution >= 0.6 is 0 Å². The van der Waals surface area contributed by atoms with Crippen LogP contribution in [-0.2, 0) is 32.1 Å². The summed E-state index contributed by atoms with van der Waals surface area (Å²) in [5.74, 6) is -0.0740. The van der Waals surface area contributed by atoms with Gasteiger partial charge in [-0.2, -0.15) is 0 Å². The molecule has 192 valence electrons. The van der Waals surface area contributed by atoms with E-state index in [0.29, 0.717) is 24.6 Å². The zero-order valence-electron chi connectivity index (χ0n) is 21.0. The van der Waals surface area contributed by atoms with E-state index in [1.807, 2.05) is 77.7 Å². The molecule has 1 atom stereocenters.